The normalized spacial score (nSPS) is 11.5. The molecule has 0 saturated carbocycles. The van der Waals surface area contributed by atoms with Crippen LogP contribution < -0.4 is 4.90 Å². The molecule has 13 heavy (non-hydrogen) atoms. The Labute approximate surface area is 79.8 Å². The van der Waals surface area contributed by atoms with Crippen LogP contribution in [0.2, 0.25) is 0 Å². The van der Waals surface area contributed by atoms with Crippen LogP contribution in [0.5, 0.6) is 0 Å². The van der Waals surface area contributed by atoms with Gasteiger partial charge in [0.05, 0.1) is 5.60 Å². The minimum atomic E-state index is -0.777. The fourth-order valence-corrected chi connectivity index (χ4v) is 1.38. The number of para-hydroxylation sites is 1. The van der Waals surface area contributed by atoms with E-state index in [2.05, 4.69) is 0 Å². The number of benzene rings is 1. The standard InChI is InChI=1S/C11H17NO/c1-11(2,13)9-7-5-6-8-10(9)12(3)4/h5-8,13H,1-4H3. The molecule has 0 unspecified atom stereocenters. The van der Waals surface area contributed by atoms with Crippen molar-refractivity contribution in [1.82, 2.24) is 0 Å². The highest BCUT2D eigenvalue weighted by Crippen LogP contribution is 2.28. The van der Waals surface area contributed by atoms with Gasteiger partial charge in [-0.25, -0.2) is 0 Å². The van der Waals surface area contributed by atoms with Crippen LogP contribution in [-0.4, -0.2) is 19.2 Å². The quantitative estimate of drug-likeness (QED) is 0.750. The molecule has 0 bridgehead atoms. The summed E-state index contributed by atoms with van der Waals surface area (Å²) >= 11 is 0. The zero-order chi connectivity index (χ0) is 10.1. The van der Waals surface area contributed by atoms with Gasteiger partial charge in [-0.1, -0.05) is 18.2 Å². The summed E-state index contributed by atoms with van der Waals surface area (Å²) in [6.07, 6.45) is 0. The maximum atomic E-state index is 9.89. The van der Waals surface area contributed by atoms with Gasteiger partial charge < -0.3 is 10.0 Å². The highest BCUT2D eigenvalue weighted by Gasteiger charge is 2.19. The Hall–Kier alpha value is -1.02. The summed E-state index contributed by atoms with van der Waals surface area (Å²) in [4.78, 5) is 2.01. The largest absolute Gasteiger partial charge is 0.386 e. The molecule has 0 spiro atoms. The second kappa shape index (κ2) is 3.38. The van der Waals surface area contributed by atoms with Crippen molar-refractivity contribution in [2.24, 2.45) is 0 Å². The molecule has 0 radical (unpaired) electrons. The first-order valence-electron chi connectivity index (χ1n) is 4.42. The maximum Gasteiger partial charge on any atom is 0.0860 e. The predicted octanol–water partition coefficient (Wildman–Crippen LogP) is 1.98. The van der Waals surface area contributed by atoms with Gasteiger partial charge >= 0.3 is 0 Å². The van der Waals surface area contributed by atoms with Crippen LogP contribution >= 0.6 is 0 Å². The molecule has 1 N–H and O–H groups in total. The molecule has 0 fully saturated rings. The molecular weight excluding hydrogens is 162 g/mol. The molecular formula is C11H17NO. The second-order valence-corrected chi connectivity index (χ2v) is 3.97. The third-order valence-electron chi connectivity index (χ3n) is 2.04. The number of anilines is 1. The van der Waals surface area contributed by atoms with Gasteiger partial charge in [0.2, 0.25) is 0 Å². The van der Waals surface area contributed by atoms with Crippen molar-refractivity contribution in [3.05, 3.63) is 29.8 Å². The Bertz CT molecular complexity index is 286. The summed E-state index contributed by atoms with van der Waals surface area (Å²) in [5.74, 6) is 0. The maximum absolute atomic E-state index is 9.89. The van der Waals surface area contributed by atoms with Gasteiger partial charge in [-0.15, -0.1) is 0 Å². The molecule has 1 rings (SSSR count). The zero-order valence-electron chi connectivity index (χ0n) is 8.70. The highest BCUT2D eigenvalue weighted by atomic mass is 16.3. The van der Waals surface area contributed by atoms with Gasteiger partial charge in [0.15, 0.2) is 0 Å². The van der Waals surface area contributed by atoms with Crippen LogP contribution in [0.1, 0.15) is 19.4 Å². The summed E-state index contributed by atoms with van der Waals surface area (Å²) in [6, 6.07) is 7.88. The van der Waals surface area contributed by atoms with E-state index in [1.54, 1.807) is 13.8 Å². The first-order chi connectivity index (χ1) is 5.93. The summed E-state index contributed by atoms with van der Waals surface area (Å²) in [6.45, 7) is 3.60. The summed E-state index contributed by atoms with van der Waals surface area (Å²) in [5, 5.41) is 9.89. The van der Waals surface area contributed by atoms with E-state index >= 15 is 0 Å². The number of nitrogens with zero attached hydrogens (tertiary/aromatic N) is 1. The van der Waals surface area contributed by atoms with Crippen molar-refractivity contribution in [2.45, 2.75) is 19.4 Å². The predicted molar refractivity (Wildman–Crippen MR) is 56.0 cm³/mol. The van der Waals surface area contributed by atoms with Crippen LogP contribution in [0.3, 0.4) is 0 Å². The van der Waals surface area contributed by atoms with Crippen molar-refractivity contribution < 1.29 is 5.11 Å². The van der Waals surface area contributed by atoms with Crippen LogP contribution in [0.4, 0.5) is 5.69 Å². The molecule has 2 heteroatoms. The molecule has 2 nitrogen and oxygen atoms in total. The Morgan fingerprint density at radius 1 is 1.15 bits per heavy atom. The number of aliphatic hydroxyl groups is 1. The lowest BCUT2D eigenvalue weighted by molar-refractivity contribution is 0.0791. The van der Waals surface area contributed by atoms with E-state index < -0.39 is 5.60 Å². The molecule has 1 aromatic carbocycles. The molecule has 1 aromatic rings. The van der Waals surface area contributed by atoms with Crippen LogP contribution in [0.25, 0.3) is 0 Å². The Kier molecular flexibility index (Phi) is 2.62. The SMILES string of the molecule is CN(C)c1ccccc1C(C)(C)O. The van der Waals surface area contributed by atoms with Gasteiger partial charge in [-0.05, 0) is 19.9 Å². The number of hydrogen-bond acceptors (Lipinski definition) is 2. The number of hydrogen-bond donors (Lipinski definition) is 1. The van der Waals surface area contributed by atoms with Gasteiger partial charge in [-0.2, -0.15) is 0 Å². The molecule has 0 amide bonds. The fourth-order valence-electron chi connectivity index (χ4n) is 1.38. The minimum absolute atomic E-state index is 0.777. The summed E-state index contributed by atoms with van der Waals surface area (Å²) in [5.41, 5.74) is 1.25. The Morgan fingerprint density at radius 3 is 2.08 bits per heavy atom. The molecule has 0 aromatic heterocycles. The van der Waals surface area contributed by atoms with Gasteiger partial charge in [0.25, 0.3) is 0 Å². The number of rotatable bonds is 2. The zero-order valence-corrected chi connectivity index (χ0v) is 8.70. The first kappa shape index (κ1) is 10.1. The molecule has 72 valence electrons. The van der Waals surface area contributed by atoms with Crippen LogP contribution in [0, 0.1) is 0 Å². The molecule has 0 aliphatic rings. The van der Waals surface area contributed by atoms with Gasteiger partial charge in [0, 0.05) is 25.3 Å². The first-order valence-corrected chi connectivity index (χ1v) is 4.42. The second-order valence-electron chi connectivity index (χ2n) is 3.97. The van der Waals surface area contributed by atoms with Gasteiger partial charge in [0.1, 0.15) is 0 Å². The Balaban J connectivity index is 3.20. The van der Waals surface area contributed by atoms with E-state index in [0.717, 1.165) is 11.3 Å². The van der Waals surface area contributed by atoms with Crippen molar-refractivity contribution in [3.8, 4) is 0 Å². The average Bonchev–Trinajstić information content (AvgIpc) is 2.03. The van der Waals surface area contributed by atoms with E-state index in [9.17, 15) is 5.11 Å². The third-order valence-corrected chi connectivity index (χ3v) is 2.04. The van der Waals surface area contributed by atoms with Crippen molar-refractivity contribution in [1.29, 1.82) is 0 Å². The van der Waals surface area contributed by atoms with Crippen molar-refractivity contribution >= 4 is 5.69 Å². The van der Waals surface area contributed by atoms with E-state index in [-0.39, 0.29) is 0 Å². The van der Waals surface area contributed by atoms with Crippen LogP contribution in [0.15, 0.2) is 24.3 Å². The van der Waals surface area contributed by atoms with E-state index in [1.165, 1.54) is 0 Å². The van der Waals surface area contributed by atoms with E-state index in [1.807, 2.05) is 43.3 Å². The Morgan fingerprint density at radius 2 is 1.69 bits per heavy atom. The van der Waals surface area contributed by atoms with E-state index in [0.29, 0.717) is 0 Å². The smallest absolute Gasteiger partial charge is 0.0860 e. The van der Waals surface area contributed by atoms with Crippen LogP contribution in [-0.2, 0) is 5.60 Å². The lowest BCUT2D eigenvalue weighted by Gasteiger charge is -2.25. The van der Waals surface area contributed by atoms with E-state index in [4.69, 9.17) is 0 Å². The fraction of sp³-hybridized carbons (Fsp3) is 0.455. The highest BCUT2D eigenvalue weighted by molar-refractivity contribution is 5.54. The lowest BCUT2D eigenvalue weighted by Crippen LogP contribution is -2.21. The molecule has 0 heterocycles. The molecule has 0 atom stereocenters. The topological polar surface area (TPSA) is 23.5 Å². The summed E-state index contributed by atoms with van der Waals surface area (Å²) < 4.78 is 0. The monoisotopic (exact) mass is 179 g/mol. The lowest BCUT2D eigenvalue weighted by atomic mass is 9.96. The van der Waals surface area contributed by atoms with Crippen molar-refractivity contribution in [3.63, 3.8) is 0 Å². The minimum Gasteiger partial charge on any atom is -0.386 e. The van der Waals surface area contributed by atoms with Crippen molar-refractivity contribution in [2.75, 3.05) is 19.0 Å². The molecule has 0 saturated heterocycles. The third kappa shape index (κ3) is 2.22. The molecule has 0 aliphatic carbocycles. The van der Waals surface area contributed by atoms with Gasteiger partial charge in [-0.3, -0.25) is 0 Å². The average molecular weight is 179 g/mol. The summed E-state index contributed by atoms with van der Waals surface area (Å²) in [7, 11) is 3.95. The molecule has 0 aliphatic heterocycles.